The average Bonchev–Trinajstić information content (AvgIpc) is 2.96. The van der Waals surface area contributed by atoms with Gasteiger partial charge in [0.2, 0.25) is 15.9 Å². The summed E-state index contributed by atoms with van der Waals surface area (Å²) in [6.07, 6.45) is 6.15. The van der Waals surface area contributed by atoms with Crippen molar-refractivity contribution in [2.24, 2.45) is 0 Å². The molecule has 1 aromatic heterocycles. The maximum Gasteiger partial charge on any atom is 0.272 e. The van der Waals surface area contributed by atoms with Gasteiger partial charge in [0.1, 0.15) is 18.6 Å². The first-order valence-corrected chi connectivity index (χ1v) is 16.7. The molecule has 9 nitrogen and oxygen atoms in total. The molecule has 2 aromatic rings. The van der Waals surface area contributed by atoms with Crippen LogP contribution in [0.15, 0.2) is 30.6 Å². The van der Waals surface area contributed by atoms with Gasteiger partial charge in [0.25, 0.3) is 5.91 Å². The van der Waals surface area contributed by atoms with Gasteiger partial charge >= 0.3 is 0 Å². The fourth-order valence-corrected chi connectivity index (χ4v) is 6.27. The van der Waals surface area contributed by atoms with Crippen LogP contribution in [-0.4, -0.2) is 90.0 Å². The number of ether oxygens (including phenoxy) is 1. The maximum atomic E-state index is 13.4. The van der Waals surface area contributed by atoms with Gasteiger partial charge in [-0.1, -0.05) is 58.9 Å². The number of piperidine rings is 2. The van der Waals surface area contributed by atoms with E-state index in [9.17, 15) is 13.2 Å². The van der Waals surface area contributed by atoms with E-state index in [1.165, 1.54) is 22.5 Å². The number of likely N-dealkylation sites (tertiary alicyclic amines) is 2. The Morgan fingerprint density at radius 1 is 1.00 bits per heavy atom. The zero-order valence-electron chi connectivity index (χ0n) is 26.2. The van der Waals surface area contributed by atoms with Crippen LogP contribution in [0.2, 0.25) is 0 Å². The molecule has 2 aliphatic rings. The second kappa shape index (κ2) is 14.1. The smallest absolute Gasteiger partial charge is 0.272 e. The van der Waals surface area contributed by atoms with E-state index < -0.39 is 10.0 Å². The molecule has 2 fully saturated rings. The van der Waals surface area contributed by atoms with Gasteiger partial charge in [0.15, 0.2) is 0 Å². The number of carbonyl (C=O) groups is 1. The molecule has 0 radical (unpaired) electrons. The molecule has 0 bridgehead atoms. The van der Waals surface area contributed by atoms with E-state index in [1.54, 1.807) is 7.05 Å². The molecular weight excluding hydrogens is 538 g/mol. The van der Waals surface area contributed by atoms with Gasteiger partial charge in [0.05, 0.1) is 6.26 Å². The maximum absolute atomic E-state index is 13.4. The number of benzene rings is 1. The summed E-state index contributed by atoms with van der Waals surface area (Å²) in [5.74, 6) is 0.353. The van der Waals surface area contributed by atoms with Crippen LogP contribution in [-0.2, 0) is 22.0 Å². The van der Waals surface area contributed by atoms with Crippen molar-refractivity contribution in [1.82, 2.24) is 24.1 Å². The Hall–Kier alpha value is -2.56. The van der Waals surface area contributed by atoms with Gasteiger partial charge in [-0.3, -0.25) is 4.79 Å². The first-order valence-electron chi connectivity index (χ1n) is 14.8. The predicted molar refractivity (Wildman–Crippen MR) is 164 cm³/mol. The van der Waals surface area contributed by atoms with Crippen LogP contribution < -0.4 is 4.74 Å². The SMILES string of the molecule is CC.Cc1c(OCc2ccc(C(C)(C)C)cc2)ncnc1C(=O)N1CCC(N2CCC(N(C)S(C)(=O)=O)CC2)CC1. The van der Waals surface area contributed by atoms with Crippen molar-refractivity contribution >= 4 is 15.9 Å². The first kappa shape index (κ1) is 32.9. The minimum Gasteiger partial charge on any atom is -0.473 e. The number of hydrogen-bond acceptors (Lipinski definition) is 7. The highest BCUT2D eigenvalue weighted by Gasteiger charge is 2.33. The Kier molecular flexibility index (Phi) is 11.3. The molecule has 4 rings (SSSR count). The number of carbonyl (C=O) groups excluding carboxylic acids is 1. The Bertz CT molecular complexity index is 1240. The van der Waals surface area contributed by atoms with Crippen LogP contribution in [0.4, 0.5) is 0 Å². The molecule has 1 aromatic carbocycles. The minimum atomic E-state index is -3.17. The summed E-state index contributed by atoms with van der Waals surface area (Å²) < 4.78 is 31.3. The number of amides is 1. The van der Waals surface area contributed by atoms with Crippen LogP contribution in [0.1, 0.15) is 87.5 Å². The molecule has 3 heterocycles. The topological polar surface area (TPSA) is 95.9 Å². The molecule has 228 valence electrons. The predicted octanol–water partition coefficient (Wildman–Crippen LogP) is 4.65. The molecule has 10 heteroatoms. The number of hydrogen-bond donors (Lipinski definition) is 0. The Morgan fingerprint density at radius 3 is 2.12 bits per heavy atom. The van der Waals surface area contributed by atoms with Crippen molar-refractivity contribution in [3.8, 4) is 5.88 Å². The molecule has 0 aliphatic carbocycles. The van der Waals surface area contributed by atoms with Crippen LogP contribution in [0.3, 0.4) is 0 Å². The second-order valence-electron chi connectivity index (χ2n) is 12.0. The second-order valence-corrected chi connectivity index (χ2v) is 14.0. The normalized spacial score (nSPS) is 17.7. The van der Waals surface area contributed by atoms with E-state index >= 15 is 0 Å². The molecule has 0 atom stereocenters. The van der Waals surface area contributed by atoms with Crippen LogP contribution >= 0.6 is 0 Å². The van der Waals surface area contributed by atoms with E-state index in [1.807, 2.05) is 25.7 Å². The van der Waals surface area contributed by atoms with Crippen molar-refractivity contribution in [3.63, 3.8) is 0 Å². The fraction of sp³-hybridized carbons (Fsp3) is 0.645. The van der Waals surface area contributed by atoms with Crippen LogP contribution in [0, 0.1) is 6.92 Å². The molecule has 0 saturated carbocycles. The first-order chi connectivity index (χ1) is 19.3. The van der Waals surface area contributed by atoms with Crippen LogP contribution in [0.25, 0.3) is 0 Å². The van der Waals surface area contributed by atoms with Gasteiger partial charge in [-0.25, -0.2) is 22.7 Å². The Morgan fingerprint density at radius 2 is 1.59 bits per heavy atom. The van der Waals surface area contributed by atoms with E-state index in [0.717, 1.165) is 44.3 Å². The number of aromatic nitrogens is 2. The number of rotatable bonds is 7. The molecule has 0 N–H and O–H groups in total. The monoisotopic (exact) mass is 587 g/mol. The van der Waals surface area contributed by atoms with Crippen molar-refractivity contribution < 1.29 is 17.9 Å². The third kappa shape index (κ3) is 8.49. The number of sulfonamides is 1. The molecule has 0 unspecified atom stereocenters. The molecule has 41 heavy (non-hydrogen) atoms. The van der Waals surface area contributed by atoms with Gasteiger partial charge in [-0.2, -0.15) is 0 Å². The Labute approximate surface area is 247 Å². The lowest BCUT2D eigenvalue weighted by Crippen LogP contribution is -2.52. The highest BCUT2D eigenvalue weighted by atomic mass is 32.2. The van der Waals surface area contributed by atoms with Gasteiger partial charge in [0, 0.05) is 37.8 Å². The van der Waals surface area contributed by atoms with E-state index in [-0.39, 0.29) is 17.4 Å². The summed E-state index contributed by atoms with van der Waals surface area (Å²) in [6, 6.07) is 8.87. The van der Waals surface area contributed by atoms with Crippen molar-refractivity contribution in [1.29, 1.82) is 0 Å². The van der Waals surface area contributed by atoms with E-state index in [2.05, 4.69) is 59.9 Å². The van der Waals surface area contributed by atoms with Crippen molar-refractivity contribution in [2.45, 2.75) is 91.3 Å². The summed E-state index contributed by atoms with van der Waals surface area (Å²) in [6.45, 7) is 15.9. The van der Waals surface area contributed by atoms with Crippen molar-refractivity contribution in [3.05, 3.63) is 53.0 Å². The third-order valence-electron chi connectivity index (χ3n) is 8.24. The largest absolute Gasteiger partial charge is 0.473 e. The third-order valence-corrected chi connectivity index (χ3v) is 9.58. The van der Waals surface area contributed by atoms with Gasteiger partial charge in [-0.05, 0) is 62.2 Å². The molecular formula is C31H49N5O4S. The van der Waals surface area contributed by atoms with Gasteiger partial charge in [-0.15, -0.1) is 0 Å². The lowest BCUT2D eigenvalue weighted by molar-refractivity contribution is 0.0542. The quantitative estimate of drug-likeness (QED) is 0.465. The Balaban J connectivity index is 0.00000226. The zero-order chi connectivity index (χ0) is 30.4. The molecule has 2 saturated heterocycles. The average molecular weight is 588 g/mol. The highest BCUT2D eigenvalue weighted by molar-refractivity contribution is 7.88. The minimum absolute atomic E-state index is 0.0675. The van der Waals surface area contributed by atoms with Crippen LogP contribution in [0.5, 0.6) is 5.88 Å². The summed E-state index contributed by atoms with van der Waals surface area (Å²) >= 11 is 0. The number of nitrogens with zero attached hydrogens (tertiary/aromatic N) is 5. The standard InChI is InChI=1S/C29H43N5O4S.C2H6/c1-21-26(30-20-31-27(21)38-19-22-7-9-23(10-8-22)29(2,3)4)28(35)34-17-13-25(14-18-34)33-15-11-24(12-16-33)32(5)39(6,36)37;1-2/h7-10,20,24-25H,11-19H2,1-6H3;1-2H3. The summed E-state index contributed by atoms with van der Waals surface area (Å²) in [7, 11) is -1.49. The summed E-state index contributed by atoms with van der Waals surface area (Å²) in [5, 5.41) is 0. The highest BCUT2D eigenvalue weighted by Crippen LogP contribution is 2.26. The van der Waals surface area contributed by atoms with E-state index in [4.69, 9.17) is 4.74 Å². The van der Waals surface area contributed by atoms with Crippen molar-refractivity contribution in [2.75, 3.05) is 39.5 Å². The van der Waals surface area contributed by atoms with E-state index in [0.29, 0.717) is 42.9 Å². The molecule has 1 amide bonds. The lowest BCUT2D eigenvalue weighted by atomic mass is 9.87. The summed E-state index contributed by atoms with van der Waals surface area (Å²) in [4.78, 5) is 26.3. The fourth-order valence-electron chi connectivity index (χ4n) is 5.52. The summed E-state index contributed by atoms with van der Waals surface area (Å²) in [5.41, 5.74) is 3.47. The van der Waals surface area contributed by atoms with Gasteiger partial charge < -0.3 is 14.5 Å². The molecule has 0 spiro atoms. The zero-order valence-corrected chi connectivity index (χ0v) is 27.0. The molecule has 2 aliphatic heterocycles. The lowest BCUT2D eigenvalue weighted by Gasteiger charge is -2.43.